The predicted octanol–water partition coefficient (Wildman–Crippen LogP) is 4.36. The van der Waals surface area contributed by atoms with Crippen LogP contribution in [0.1, 0.15) is 16.8 Å². The van der Waals surface area contributed by atoms with Gasteiger partial charge in [-0.3, -0.25) is 14.9 Å². The highest BCUT2D eigenvalue weighted by molar-refractivity contribution is 7.13. The molecule has 1 amide bonds. The fourth-order valence-electron chi connectivity index (χ4n) is 2.44. The van der Waals surface area contributed by atoms with Crippen LogP contribution in [-0.4, -0.2) is 15.8 Å². The van der Waals surface area contributed by atoms with Gasteiger partial charge in [0.05, 0.1) is 17.2 Å². The average Bonchev–Trinajstić information content (AvgIpc) is 3.14. The molecule has 1 heterocycles. The molecule has 6 nitrogen and oxygen atoms in total. The first-order valence-corrected chi connectivity index (χ1v) is 9.11. The molecule has 0 bridgehead atoms. The van der Waals surface area contributed by atoms with E-state index >= 15 is 0 Å². The van der Waals surface area contributed by atoms with E-state index in [1.807, 2.05) is 36.6 Å². The van der Waals surface area contributed by atoms with E-state index in [9.17, 15) is 14.9 Å². The third kappa shape index (κ3) is 4.86. The Kier molecular flexibility index (Phi) is 5.73. The van der Waals surface area contributed by atoms with Crippen molar-refractivity contribution in [3.63, 3.8) is 0 Å². The van der Waals surface area contributed by atoms with Crippen molar-refractivity contribution in [1.29, 1.82) is 0 Å². The zero-order valence-corrected chi connectivity index (χ0v) is 15.4. The number of rotatable bonds is 6. The standard InChI is InChI=1S/C20H17N3O3S/c1-14-4-2-3-5-18(14)20-22-16(13-27-20)12-21-19(24)11-8-15-6-9-17(10-7-15)23(25)26/h2-11,13H,12H2,1H3,(H,21,24)/b11-8+. The molecule has 0 spiro atoms. The number of nitrogens with zero attached hydrogens (tertiary/aromatic N) is 2. The van der Waals surface area contributed by atoms with Crippen molar-refractivity contribution in [2.75, 3.05) is 0 Å². The Balaban J connectivity index is 1.56. The van der Waals surface area contributed by atoms with Crippen LogP contribution < -0.4 is 5.32 Å². The molecule has 0 unspecified atom stereocenters. The van der Waals surface area contributed by atoms with Gasteiger partial charge in [-0.2, -0.15) is 0 Å². The molecule has 0 saturated heterocycles. The Hall–Kier alpha value is -3.32. The number of carbonyl (C=O) groups excluding carboxylic acids is 1. The lowest BCUT2D eigenvalue weighted by Gasteiger charge is -2.01. The molecule has 0 atom stereocenters. The lowest BCUT2D eigenvalue weighted by Crippen LogP contribution is -2.20. The highest BCUT2D eigenvalue weighted by atomic mass is 32.1. The van der Waals surface area contributed by atoms with Crippen LogP contribution in [0.15, 0.2) is 60.0 Å². The van der Waals surface area contributed by atoms with Crippen molar-refractivity contribution in [2.45, 2.75) is 13.5 Å². The first kappa shape index (κ1) is 18.5. The van der Waals surface area contributed by atoms with Gasteiger partial charge in [0, 0.05) is 29.2 Å². The van der Waals surface area contributed by atoms with Crippen molar-refractivity contribution < 1.29 is 9.72 Å². The number of thiazole rings is 1. The van der Waals surface area contributed by atoms with Crippen molar-refractivity contribution in [3.05, 3.63) is 86.9 Å². The number of hydrogen-bond donors (Lipinski definition) is 1. The van der Waals surface area contributed by atoms with E-state index in [2.05, 4.69) is 10.3 Å². The number of nitro benzene ring substituents is 1. The minimum absolute atomic E-state index is 0.0181. The molecule has 1 aromatic heterocycles. The molecule has 2 aromatic carbocycles. The monoisotopic (exact) mass is 379 g/mol. The molecule has 3 rings (SSSR count). The summed E-state index contributed by atoms with van der Waals surface area (Å²) in [5.74, 6) is -0.251. The topological polar surface area (TPSA) is 85.1 Å². The van der Waals surface area contributed by atoms with Crippen LogP contribution in [-0.2, 0) is 11.3 Å². The fraction of sp³-hybridized carbons (Fsp3) is 0.100. The number of hydrogen-bond acceptors (Lipinski definition) is 5. The van der Waals surface area contributed by atoms with Crippen LogP contribution in [0.25, 0.3) is 16.6 Å². The lowest BCUT2D eigenvalue weighted by atomic mass is 10.1. The van der Waals surface area contributed by atoms with Gasteiger partial charge in [-0.25, -0.2) is 4.98 Å². The molecule has 0 radical (unpaired) electrons. The number of nitrogens with one attached hydrogen (secondary N) is 1. The number of benzene rings is 2. The number of aromatic nitrogens is 1. The van der Waals surface area contributed by atoms with Gasteiger partial charge >= 0.3 is 0 Å². The number of carbonyl (C=O) groups is 1. The third-order valence-electron chi connectivity index (χ3n) is 3.90. The van der Waals surface area contributed by atoms with Crippen molar-refractivity contribution in [2.24, 2.45) is 0 Å². The average molecular weight is 379 g/mol. The van der Waals surface area contributed by atoms with Crippen LogP contribution in [0.4, 0.5) is 5.69 Å². The lowest BCUT2D eigenvalue weighted by molar-refractivity contribution is -0.384. The van der Waals surface area contributed by atoms with Gasteiger partial charge in [0.2, 0.25) is 5.91 Å². The second-order valence-corrected chi connectivity index (χ2v) is 6.72. The van der Waals surface area contributed by atoms with E-state index < -0.39 is 4.92 Å². The SMILES string of the molecule is Cc1ccccc1-c1nc(CNC(=O)/C=C/c2ccc([N+](=O)[O-])cc2)cs1. The van der Waals surface area contributed by atoms with E-state index in [0.29, 0.717) is 12.1 Å². The van der Waals surface area contributed by atoms with E-state index in [0.717, 1.165) is 21.8 Å². The summed E-state index contributed by atoms with van der Waals surface area (Å²) in [6.07, 6.45) is 3.01. The van der Waals surface area contributed by atoms with Crippen LogP contribution in [0.2, 0.25) is 0 Å². The summed E-state index contributed by atoms with van der Waals surface area (Å²) in [5, 5.41) is 16.3. The first-order chi connectivity index (χ1) is 13.0. The van der Waals surface area contributed by atoms with Gasteiger partial charge in [-0.15, -0.1) is 11.3 Å². The van der Waals surface area contributed by atoms with Gasteiger partial charge in [-0.1, -0.05) is 24.3 Å². The second-order valence-electron chi connectivity index (χ2n) is 5.86. The van der Waals surface area contributed by atoms with Crippen LogP contribution in [0.5, 0.6) is 0 Å². The van der Waals surface area contributed by atoms with Gasteiger partial charge < -0.3 is 5.32 Å². The highest BCUT2D eigenvalue weighted by Crippen LogP contribution is 2.26. The van der Waals surface area contributed by atoms with Gasteiger partial charge in [0.15, 0.2) is 0 Å². The minimum Gasteiger partial charge on any atom is -0.347 e. The summed E-state index contributed by atoms with van der Waals surface area (Å²) in [6.45, 7) is 2.38. The molecule has 136 valence electrons. The van der Waals surface area contributed by atoms with Crippen LogP contribution in [0.3, 0.4) is 0 Å². The molecule has 7 heteroatoms. The van der Waals surface area contributed by atoms with E-state index in [1.54, 1.807) is 29.5 Å². The molecule has 0 aliphatic heterocycles. The smallest absolute Gasteiger partial charge is 0.269 e. The fourth-order valence-corrected chi connectivity index (χ4v) is 3.35. The molecule has 0 fully saturated rings. The van der Waals surface area contributed by atoms with Crippen molar-refractivity contribution in [3.8, 4) is 10.6 Å². The Labute approximate surface area is 160 Å². The minimum atomic E-state index is -0.459. The molecule has 1 N–H and O–H groups in total. The molecule has 0 saturated carbocycles. The Bertz CT molecular complexity index is 994. The molecular formula is C20H17N3O3S. The third-order valence-corrected chi connectivity index (χ3v) is 4.83. The maximum absolute atomic E-state index is 12.0. The number of nitro groups is 1. The Morgan fingerprint density at radius 2 is 1.96 bits per heavy atom. The number of aryl methyl sites for hydroxylation is 1. The first-order valence-electron chi connectivity index (χ1n) is 8.24. The van der Waals surface area contributed by atoms with Crippen molar-refractivity contribution >= 4 is 29.0 Å². The van der Waals surface area contributed by atoms with Crippen molar-refractivity contribution in [1.82, 2.24) is 10.3 Å². The van der Waals surface area contributed by atoms with E-state index in [1.165, 1.54) is 18.2 Å². The zero-order chi connectivity index (χ0) is 19.2. The largest absolute Gasteiger partial charge is 0.347 e. The van der Waals surface area contributed by atoms with Crippen LogP contribution >= 0.6 is 11.3 Å². The highest BCUT2D eigenvalue weighted by Gasteiger charge is 2.07. The van der Waals surface area contributed by atoms with Gasteiger partial charge in [0.25, 0.3) is 5.69 Å². The summed E-state index contributed by atoms with van der Waals surface area (Å²) in [4.78, 5) is 26.7. The Morgan fingerprint density at radius 3 is 2.67 bits per heavy atom. The number of non-ortho nitro benzene ring substituents is 1. The summed E-state index contributed by atoms with van der Waals surface area (Å²) < 4.78 is 0. The summed E-state index contributed by atoms with van der Waals surface area (Å²) in [5.41, 5.74) is 3.79. The summed E-state index contributed by atoms with van der Waals surface area (Å²) in [7, 11) is 0. The maximum atomic E-state index is 12.0. The maximum Gasteiger partial charge on any atom is 0.269 e. The normalized spacial score (nSPS) is 10.9. The molecule has 0 aliphatic carbocycles. The molecule has 0 aliphatic rings. The second kappa shape index (κ2) is 8.37. The zero-order valence-electron chi connectivity index (χ0n) is 14.6. The molecular weight excluding hydrogens is 362 g/mol. The predicted molar refractivity (Wildman–Crippen MR) is 106 cm³/mol. The summed E-state index contributed by atoms with van der Waals surface area (Å²) in [6, 6.07) is 14.0. The van der Waals surface area contributed by atoms with Gasteiger partial charge in [-0.05, 0) is 36.3 Å². The molecule has 3 aromatic rings. The quantitative estimate of drug-likeness (QED) is 0.392. The van der Waals surface area contributed by atoms with Crippen LogP contribution in [0, 0.1) is 17.0 Å². The van der Waals surface area contributed by atoms with Gasteiger partial charge in [0.1, 0.15) is 5.01 Å². The molecule has 27 heavy (non-hydrogen) atoms. The van der Waals surface area contributed by atoms with E-state index in [4.69, 9.17) is 0 Å². The van der Waals surface area contributed by atoms with E-state index in [-0.39, 0.29) is 11.6 Å². The Morgan fingerprint density at radius 1 is 1.22 bits per heavy atom. The number of amides is 1. The summed E-state index contributed by atoms with van der Waals surface area (Å²) >= 11 is 1.55.